The van der Waals surface area contributed by atoms with Gasteiger partial charge < -0.3 is 19.9 Å². The molecule has 0 spiro atoms. The second kappa shape index (κ2) is 8.63. The molecule has 2 aromatic carbocycles. The average Bonchev–Trinajstić information content (AvgIpc) is 2.71. The van der Waals surface area contributed by atoms with Crippen LogP contribution in [-0.4, -0.2) is 41.8 Å². The minimum Gasteiger partial charge on any atom is -0.477 e. The predicted octanol–water partition coefficient (Wildman–Crippen LogP) is 2.72. The number of piperazine rings is 1. The normalized spacial score (nSPS) is 13.9. The molecule has 4 rings (SSSR count). The molecule has 0 aliphatic carbocycles. The fourth-order valence-corrected chi connectivity index (χ4v) is 3.61. The molecule has 0 saturated carbocycles. The van der Waals surface area contributed by atoms with Gasteiger partial charge in [0.25, 0.3) is 0 Å². The number of aromatic carboxylic acids is 1. The van der Waals surface area contributed by atoms with Crippen LogP contribution in [0.1, 0.15) is 15.9 Å². The van der Waals surface area contributed by atoms with Gasteiger partial charge in [0, 0.05) is 44.3 Å². The molecule has 2 heterocycles. The van der Waals surface area contributed by atoms with Gasteiger partial charge in [0.1, 0.15) is 11.4 Å². The largest absolute Gasteiger partial charge is 0.477 e. The van der Waals surface area contributed by atoms with Crippen molar-refractivity contribution in [3.8, 4) is 0 Å². The van der Waals surface area contributed by atoms with Crippen molar-refractivity contribution in [1.82, 2.24) is 9.88 Å². The van der Waals surface area contributed by atoms with E-state index in [1.165, 1.54) is 12.3 Å². The molecule has 1 saturated heterocycles. The minimum absolute atomic E-state index is 0. The molecule has 1 aliphatic rings. The molecule has 8 heteroatoms. The molecular formula is C21H21ClFN3O3. The number of anilines is 1. The molecule has 0 radical (unpaired) electrons. The van der Waals surface area contributed by atoms with Crippen LogP contribution < -0.4 is 15.6 Å². The van der Waals surface area contributed by atoms with Crippen molar-refractivity contribution in [3.63, 3.8) is 0 Å². The molecule has 3 aromatic rings. The summed E-state index contributed by atoms with van der Waals surface area (Å²) in [6.07, 6.45) is 1.35. The van der Waals surface area contributed by atoms with Crippen LogP contribution in [-0.2, 0) is 6.54 Å². The summed E-state index contributed by atoms with van der Waals surface area (Å²) < 4.78 is 16.5. The number of nitrogens with zero attached hydrogens (tertiary/aromatic N) is 2. The number of nitrogens with one attached hydrogen (secondary N) is 1. The van der Waals surface area contributed by atoms with Crippen molar-refractivity contribution < 1.29 is 14.3 Å². The molecular weight excluding hydrogens is 397 g/mol. The van der Waals surface area contributed by atoms with E-state index >= 15 is 0 Å². The molecule has 6 nitrogen and oxygen atoms in total. The topological polar surface area (TPSA) is 74.6 Å². The monoisotopic (exact) mass is 417 g/mol. The first-order chi connectivity index (χ1) is 13.5. The molecule has 0 amide bonds. The predicted molar refractivity (Wildman–Crippen MR) is 113 cm³/mol. The Labute approximate surface area is 173 Å². The number of hydrogen-bond donors (Lipinski definition) is 2. The molecule has 29 heavy (non-hydrogen) atoms. The second-order valence-electron chi connectivity index (χ2n) is 6.85. The zero-order valence-corrected chi connectivity index (χ0v) is 16.4. The molecule has 0 unspecified atom stereocenters. The summed E-state index contributed by atoms with van der Waals surface area (Å²) in [6.45, 7) is 3.22. The Morgan fingerprint density at radius 2 is 1.83 bits per heavy atom. The Bertz CT molecular complexity index is 1100. The molecule has 152 valence electrons. The van der Waals surface area contributed by atoms with E-state index in [1.807, 2.05) is 35.2 Å². The number of pyridine rings is 1. The number of carboxylic acid groups (broad SMARTS) is 1. The lowest BCUT2D eigenvalue weighted by Crippen LogP contribution is -2.43. The Hall–Kier alpha value is -2.90. The van der Waals surface area contributed by atoms with Crippen LogP contribution in [0.3, 0.4) is 0 Å². The summed E-state index contributed by atoms with van der Waals surface area (Å²) in [6, 6.07) is 12.4. The van der Waals surface area contributed by atoms with Gasteiger partial charge in [-0.1, -0.05) is 30.3 Å². The van der Waals surface area contributed by atoms with Crippen molar-refractivity contribution in [2.45, 2.75) is 6.54 Å². The van der Waals surface area contributed by atoms with Crippen molar-refractivity contribution >= 4 is 35.0 Å². The summed E-state index contributed by atoms with van der Waals surface area (Å²) in [5.41, 5.74) is 0.874. The Morgan fingerprint density at radius 1 is 1.14 bits per heavy atom. The van der Waals surface area contributed by atoms with Gasteiger partial charge in [-0.25, -0.2) is 9.18 Å². The standard InChI is InChI=1S/C21H20FN3O3.ClH/c22-17-10-15-18(11-19(17)24-8-6-23-7-9-24)25(12-14-4-2-1-3-5-14)13-16(20(15)26)21(27)28;/h1-5,10-11,13,23H,6-9,12H2,(H,27,28);1H. The van der Waals surface area contributed by atoms with Crippen molar-refractivity contribution in [3.05, 3.63) is 75.8 Å². The lowest BCUT2D eigenvalue weighted by molar-refractivity contribution is 0.0695. The van der Waals surface area contributed by atoms with E-state index in [2.05, 4.69) is 5.32 Å². The van der Waals surface area contributed by atoms with Gasteiger partial charge in [-0.15, -0.1) is 12.4 Å². The maximum Gasteiger partial charge on any atom is 0.341 e. The van der Waals surface area contributed by atoms with Crippen LogP contribution in [0.15, 0.2) is 53.5 Å². The van der Waals surface area contributed by atoms with Gasteiger partial charge in [-0.2, -0.15) is 0 Å². The second-order valence-corrected chi connectivity index (χ2v) is 6.85. The van der Waals surface area contributed by atoms with E-state index in [9.17, 15) is 19.1 Å². The van der Waals surface area contributed by atoms with Crippen molar-refractivity contribution in [2.24, 2.45) is 0 Å². The number of benzene rings is 2. The number of fused-ring (bicyclic) bond motifs is 1. The van der Waals surface area contributed by atoms with Gasteiger partial charge in [0.05, 0.1) is 11.2 Å². The highest BCUT2D eigenvalue weighted by Crippen LogP contribution is 2.26. The van der Waals surface area contributed by atoms with E-state index in [-0.39, 0.29) is 23.4 Å². The van der Waals surface area contributed by atoms with E-state index in [0.29, 0.717) is 30.8 Å². The number of rotatable bonds is 4. The molecule has 2 N–H and O–H groups in total. The maximum atomic E-state index is 14.8. The first-order valence-corrected chi connectivity index (χ1v) is 9.14. The third-order valence-corrected chi connectivity index (χ3v) is 5.03. The Kier molecular flexibility index (Phi) is 6.20. The smallest absolute Gasteiger partial charge is 0.341 e. The molecule has 0 atom stereocenters. The van der Waals surface area contributed by atoms with Gasteiger partial charge in [0.2, 0.25) is 5.43 Å². The van der Waals surface area contributed by atoms with Gasteiger partial charge in [-0.05, 0) is 17.7 Å². The average molecular weight is 418 g/mol. The molecule has 0 bridgehead atoms. The summed E-state index contributed by atoms with van der Waals surface area (Å²) in [7, 11) is 0. The zero-order chi connectivity index (χ0) is 19.7. The van der Waals surface area contributed by atoms with Crippen LogP contribution in [0.2, 0.25) is 0 Å². The SMILES string of the molecule is Cl.O=C(O)c1cn(Cc2ccccc2)c2cc(N3CCNCC3)c(F)cc2c1=O. The van der Waals surface area contributed by atoms with Crippen LogP contribution in [0.5, 0.6) is 0 Å². The highest BCUT2D eigenvalue weighted by Gasteiger charge is 2.20. The highest BCUT2D eigenvalue weighted by molar-refractivity contribution is 5.93. The van der Waals surface area contributed by atoms with Crippen LogP contribution >= 0.6 is 12.4 Å². The molecule has 1 aromatic heterocycles. The fraction of sp³-hybridized carbons (Fsp3) is 0.238. The van der Waals surface area contributed by atoms with Crippen molar-refractivity contribution in [2.75, 3.05) is 31.1 Å². The van der Waals surface area contributed by atoms with Gasteiger partial charge >= 0.3 is 5.97 Å². The van der Waals surface area contributed by atoms with E-state index in [4.69, 9.17) is 0 Å². The highest BCUT2D eigenvalue weighted by atomic mass is 35.5. The van der Waals surface area contributed by atoms with Crippen molar-refractivity contribution in [1.29, 1.82) is 0 Å². The first-order valence-electron chi connectivity index (χ1n) is 9.14. The van der Waals surface area contributed by atoms with Gasteiger partial charge in [0.15, 0.2) is 0 Å². The number of aromatic nitrogens is 1. The molecule has 1 fully saturated rings. The van der Waals surface area contributed by atoms with Crippen LogP contribution in [0.25, 0.3) is 10.9 Å². The third kappa shape index (κ3) is 4.11. The summed E-state index contributed by atoms with van der Waals surface area (Å²) in [4.78, 5) is 26.1. The lowest BCUT2D eigenvalue weighted by Gasteiger charge is -2.30. The third-order valence-electron chi connectivity index (χ3n) is 5.03. The number of carbonyl (C=O) groups is 1. The lowest BCUT2D eigenvalue weighted by atomic mass is 10.1. The quantitative estimate of drug-likeness (QED) is 0.682. The number of hydrogen-bond acceptors (Lipinski definition) is 4. The maximum absolute atomic E-state index is 14.8. The summed E-state index contributed by atoms with van der Waals surface area (Å²) >= 11 is 0. The first kappa shape index (κ1) is 20.8. The minimum atomic E-state index is -1.32. The van der Waals surface area contributed by atoms with E-state index in [0.717, 1.165) is 18.7 Å². The Morgan fingerprint density at radius 3 is 2.48 bits per heavy atom. The number of halogens is 2. The van der Waals surface area contributed by atoms with Gasteiger partial charge in [-0.3, -0.25) is 4.79 Å². The van der Waals surface area contributed by atoms with E-state index in [1.54, 1.807) is 10.6 Å². The zero-order valence-electron chi connectivity index (χ0n) is 15.6. The summed E-state index contributed by atoms with van der Waals surface area (Å²) in [5, 5.41) is 12.7. The van der Waals surface area contributed by atoms with E-state index < -0.39 is 17.2 Å². The summed E-state index contributed by atoms with van der Waals surface area (Å²) in [5.74, 6) is -1.83. The van der Waals surface area contributed by atoms with Crippen LogP contribution in [0, 0.1) is 5.82 Å². The Balaban J connectivity index is 0.00000240. The number of carboxylic acids is 1. The van der Waals surface area contributed by atoms with Crippen LogP contribution in [0.4, 0.5) is 10.1 Å². The fourth-order valence-electron chi connectivity index (χ4n) is 3.61. The molecule has 1 aliphatic heterocycles.